The topological polar surface area (TPSA) is 64.4 Å². The van der Waals surface area contributed by atoms with Gasteiger partial charge in [-0.05, 0) is 18.1 Å². The van der Waals surface area contributed by atoms with Gasteiger partial charge in [0.1, 0.15) is 0 Å². The Balaban J connectivity index is 2.87. The van der Waals surface area contributed by atoms with Crippen molar-refractivity contribution in [3.63, 3.8) is 0 Å². The van der Waals surface area contributed by atoms with Crippen molar-refractivity contribution >= 4 is 27.5 Å². The van der Waals surface area contributed by atoms with Crippen LogP contribution in [0.4, 0.5) is 5.69 Å². The van der Waals surface area contributed by atoms with Crippen LogP contribution in [-0.4, -0.2) is 19.1 Å². The predicted molar refractivity (Wildman–Crippen MR) is 80.9 cm³/mol. The number of hydrogen-bond acceptors (Lipinski definition) is 3. The summed E-state index contributed by atoms with van der Waals surface area (Å²) in [5.41, 5.74) is 7.57. The van der Waals surface area contributed by atoms with Crippen molar-refractivity contribution in [2.24, 2.45) is 11.7 Å². The van der Waals surface area contributed by atoms with Gasteiger partial charge in [-0.15, -0.1) is 0 Å². The van der Waals surface area contributed by atoms with Crippen LogP contribution in [0.25, 0.3) is 0 Å². The number of hydrogen-bond donors (Lipinski definition) is 2. The van der Waals surface area contributed by atoms with Crippen LogP contribution in [0.5, 0.6) is 0 Å². The van der Waals surface area contributed by atoms with E-state index in [0.717, 1.165) is 22.1 Å². The molecular weight excluding hydrogens is 308 g/mol. The fourth-order valence-corrected chi connectivity index (χ4v) is 2.18. The number of nitrogens with two attached hydrogens (primary N) is 1. The fraction of sp³-hybridized carbons (Fsp3) is 0.500. The lowest BCUT2D eigenvalue weighted by Gasteiger charge is -2.19. The highest BCUT2D eigenvalue weighted by molar-refractivity contribution is 9.10. The van der Waals surface area contributed by atoms with Crippen molar-refractivity contribution in [2.45, 2.75) is 32.9 Å². The monoisotopic (exact) mass is 328 g/mol. The minimum atomic E-state index is -0.501. The number of rotatable bonds is 6. The molecule has 0 saturated carbocycles. The van der Waals surface area contributed by atoms with Crippen LogP contribution in [0.15, 0.2) is 22.7 Å². The van der Waals surface area contributed by atoms with Gasteiger partial charge in [-0.2, -0.15) is 0 Å². The molecule has 4 nitrogen and oxygen atoms in total. The average Bonchev–Trinajstić information content (AvgIpc) is 2.40. The maximum absolute atomic E-state index is 12.1. The molecule has 0 bridgehead atoms. The number of halogens is 1. The number of carbonyl (C=O) groups excluding carboxylic acids is 1. The maximum Gasteiger partial charge on any atom is 0.241 e. The minimum Gasteiger partial charge on any atom is -0.380 e. The highest BCUT2D eigenvalue weighted by Crippen LogP contribution is 2.26. The number of nitrogens with one attached hydrogen (secondary N) is 1. The first kappa shape index (κ1) is 16.1. The van der Waals surface area contributed by atoms with E-state index in [-0.39, 0.29) is 11.8 Å². The molecule has 2 unspecified atom stereocenters. The average molecular weight is 329 g/mol. The van der Waals surface area contributed by atoms with E-state index >= 15 is 0 Å². The van der Waals surface area contributed by atoms with Crippen molar-refractivity contribution in [1.29, 1.82) is 0 Å². The van der Waals surface area contributed by atoms with Crippen molar-refractivity contribution in [2.75, 3.05) is 12.4 Å². The Bertz CT molecular complexity index is 437. The van der Waals surface area contributed by atoms with Gasteiger partial charge in [0.15, 0.2) is 0 Å². The molecule has 0 aliphatic carbocycles. The quantitative estimate of drug-likeness (QED) is 0.843. The Morgan fingerprint density at radius 3 is 2.79 bits per heavy atom. The van der Waals surface area contributed by atoms with E-state index in [1.54, 1.807) is 7.11 Å². The molecule has 0 aromatic heterocycles. The Kier molecular flexibility index (Phi) is 6.48. The smallest absolute Gasteiger partial charge is 0.241 e. The third-order valence-corrected chi connectivity index (χ3v) is 3.97. The zero-order chi connectivity index (χ0) is 14.4. The predicted octanol–water partition coefficient (Wildman–Crippen LogP) is 2.91. The Hall–Kier alpha value is -0.910. The van der Waals surface area contributed by atoms with E-state index in [1.165, 1.54) is 0 Å². The van der Waals surface area contributed by atoms with Crippen molar-refractivity contribution in [1.82, 2.24) is 0 Å². The van der Waals surface area contributed by atoms with Crippen molar-refractivity contribution in [3.05, 3.63) is 28.2 Å². The second-order valence-corrected chi connectivity index (χ2v) is 5.45. The number of amides is 1. The Labute approximate surface area is 122 Å². The molecule has 2 atom stereocenters. The summed E-state index contributed by atoms with van der Waals surface area (Å²) in [7, 11) is 1.62. The van der Waals surface area contributed by atoms with Gasteiger partial charge in [0.25, 0.3) is 0 Å². The number of methoxy groups -OCH3 is 1. The standard InChI is InChI=1S/C14H21BrN2O2/c1-4-9(2)13(16)14(18)17-12-7-5-6-11(15)10(12)8-19-3/h5-7,9,13H,4,8,16H2,1-3H3,(H,17,18). The van der Waals surface area contributed by atoms with Crippen molar-refractivity contribution in [3.8, 4) is 0 Å². The largest absolute Gasteiger partial charge is 0.380 e. The lowest BCUT2D eigenvalue weighted by atomic mass is 9.99. The summed E-state index contributed by atoms with van der Waals surface area (Å²) in [6, 6.07) is 5.13. The van der Waals surface area contributed by atoms with Crippen LogP contribution in [0.1, 0.15) is 25.8 Å². The van der Waals surface area contributed by atoms with Crippen LogP contribution in [0, 0.1) is 5.92 Å². The lowest BCUT2D eigenvalue weighted by Crippen LogP contribution is -2.40. The van der Waals surface area contributed by atoms with Crippen LogP contribution in [-0.2, 0) is 16.1 Å². The van der Waals surface area contributed by atoms with Crippen LogP contribution < -0.4 is 11.1 Å². The van der Waals surface area contributed by atoms with Gasteiger partial charge in [-0.3, -0.25) is 4.79 Å². The van der Waals surface area contributed by atoms with Crippen LogP contribution in [0.2, 0.25) is 0 Å². The molecule has 19 heavy (non-hydrogen) atoms. The summed E-state index contributed by atoms with van der Waals surface area (Å²) in [5.74, 6) is -0.0113. The van der Waals surface area contributed by atoms with Crippen LogP contribution in [0.3, 0.4) is 0 Å². The Morgan fingerprint density at radius 2 is 2.21 bits per heavy atom. The van der Waals surface area contributed by atoms with E-state index in [2.05, 4.69) is 21.2 Å². The van der Waals surface area contributed by atoms with Crippen LogP contribution >= 0.6 is 15.9 Å². The van der Waals surface area contributed by atoms with E-state index in [1.807, 2.05) is 32.0 Å². The minimum absolute atomic E-state index is 0.151. The Morgan fingerprint density at radius 1 is 1.53 bits per heavy atom. The number of ether oxygens (including phenoxy) is 1. The molecule has 1 aromatic carbocycles. The molecule has 0 heterocycles. The van der Waals surface area contributed by atoms with Gasteiger partial charge in [-0.25, -0.2) is 0 Å². The first-order valence-electron chi connectivity index (χ1n) is 6.34. The second-order valence-electron chi connectivity index (χ2n) is 4.60. The normalized spacial score (nSPS) is 13.9. The van der Waals surface area contributed by atoms with Gasteiger partial charge >= 0.3 is 0 Å². The molecule has 0 aliphatic heterocycles. The fourth-order valence-electron chi connectivity index (χ4n) is 1.70. The number of benzene rings is 1. The molecule has 106 valence electrons. The maximum atomic E-state index is 12.1. The molecule has 0 aliphatic rings. The van der Waals surface area contributed by atoms with E-state index < -0.39 is 6.04 Å². The molecule has 0 spiro atoms. The summed E-state index contributed by atoms with van der Waals surface area (Å²) < 4.78 is 6.05. The summed E-state index contributed by atoms with van der Waals surface area (Å²) in [6.07, 6.45) is 0.873. The number of anilines is 1. The second kappa shape index (κ2) is 7.62. The van der Waals surface area contributed by atoms with E-state index in [9.17, 15) is 4.79 Å². The van der Waals surface area contributed by atoms with Gasteiger partial charge < -0.3 is 15.8 Å². The zero-order valence-corrected chi connectivity index (χ0v) is 13.2. The molecule has 0 fully saturated rings. The van der Waals surface area contributed by atoms with E-state index in [0.29, 0.717) is 6.61 Å². The van der Waals surface area contributed by atoms with Gasteiger partial charge in [0, 0.05) is 22.8 Å². The summed E-state index contributed by atoms with van der Waals surface area (Å²) in [5, 5.41) is 2.88. The van der Waals surface area contributed by atoms with Gasteiger partial charge in [0.2, 0.25) is 5.91 Å². The molecular formula is C14H21BrN2O2. The first-order valence-corrected chi connectivity index (χ1v) is 7.13. The first-order chi connectivity index (χ1) is 9.01. The molecule has 1 rings (SSSR count). The molecule has 5 heteroatoms. The summed E-state index contributed by atoms with van der Waals surface area (Å²) in [6.45, 7) is 4.42. The molecule has 1 aromatic rings. The van der Waals surface area contributed by atoms with E-state index in [4.69, 9.17) is 10.5 Å². The van der Waals surface area contributed by atoms with Crippen molar-refractivity contribution < 1.29 is 9.53 Å². The highest BCUT2D eigenvalue weighted by Gasteiger charge is 2.20. The lowest BCUT2D eigenvalue weighted by molar-refractivity contribution is -0.118. The zero-order valence-electron chi connectivity index (χ0n) is 11.6. The third-order valence-electron chi connectivity index (χ3n) is 3.23. The third kappa shape index (κ3) is 4.30. The molecule has 1 amide bonds. The summed E-state index contributed by atoms with van der Waals surface area (Å²) >= 11 is 3.46. The highest BCUT2D eigenvalue weighted by atomic mass is 79.9. The number of carbonyl (C=O) groups is 1. The molecule has 0 radical (unpaired) electrons. The van der Waals surface area contributed by atoms with Gasteiger partial charge in [-0.1, -0.05) is 42.3 Å². The van der Waals surface area contributed by atoms with Gasteiger partial charge in [0.05, 0.1) is 12.6 Å². The SMILES string of the molecule is CCC(C)C(N)C(=O)Nc1cccc(Br)c1COC. The molecule has 3 N–H and O–H groups in total. The summed E-state index contributed by atoms with van der Waals surface area (Å²) in [4.78, 5) is 12.1. The molecule has 0 saturated heterocycles.